The second kappa shape index (κ2) is 8.35. The molecule has 1 aliphatic rings. The summed E-state index contributed by atoms with van der Waals surface area (Å²) < 4.78 is 0.823. The van der Waals surface area contributed by atoms with Gasteiger partial charge in [0.25, 0.3) is 0 Å². The SMILES string of the molecule is CC(=O)Nc1cccc(Nc2nc(Nc3ccc4c(c3)[N+](C)(C)CCN4C)nc3[nH]ccc23)c1. The number of likely N-dealkylation sites (N-methyl/N-ethyl adjacent to an activating group) is 2. The van der Waals surface area contributed by atoms with Crippen molar-refractivity contribution in [3.05, 3.63) is 54.7 Å². The third-order valence-corrected chi connectivity index (χ3v) is 6.15. The van der Waals surface area contributed by atoms with Gasteiger partial charge in [0.15, 0.2) is 5.69 Å². The van der Waals surface area contributed by atoms with Crippen molar-refractivity contribution in [3.63, 3.8) is 0 Å². The van der Waals surface area contributed by atoms with Gasteiger partial charge in [0, 0.05) is 43.3 Å². The summed E-state index contributed by atoms with van der Waals surface area (Å²) in [6, 6.07) is 15.9. The van der Waals surface area contributed by atoms with E-state index in [-0.39, 0.29) is 5.91 Å². The van der Waals surface area contributed by atoms with Gasteiger partial charge in [-0.3, -0.25) is 9.28 Å². The largest absolute Gasteiger partial charge is 0.364 e. The summed E-state index contributed by atoms with van der Waals surface area (Å²) in [5.41, 5.74) is 5.69. The molecular formula is C25H29N8O+. The van der Waals surface area contributed by atoms with E-state index in [0.29, 0.717) is 11.8 Å². The van der Waals surface area contributed by atoms with Gasteiger partial charge in [-0.25, -0.2) is 0 Å². The number of carbonyl (C=O) groups is 1. The highest BCUT2D eigenvalue weighted by molar-refractivity contribution is 5.92. The Morgan fingerprint density at radius 1 is 1.03 bits per heavy atom. The highest BCUT2D eigenvalue weighted by Gasteiger charge is 2.30. The second-order valence-electron chi connectivity index (χ2n) is 9.18. The van der Waals surface area contributed by atoms with Crippen LogP contribution in [0.1, 0.15) is 6.92 Å². The van der Waals surface area contributed by atoms with Gasteiger partial charge >= 0.3 is 0 Å². The zero-order valence-electron chi connectivity index (χ0n) is 19.8. The predicted octanol–water partition coefficient (Wildman–Crippen LogP) is 4.42. The number of H-pyrrole nitrogens is 1. The molecule has 2 aromatic heterocycles. The van der Waals surface area contributed by atoms with Crippen LogP contribution in [0.15, 0.2) is 54.7 Å². The molecule has 174 valence electrons. The van der Waals surface area contributed by atoms with Gasteiger partial charge in [-0.15, -0.1) is 0 Å². The molecule has 0 spiro atoms. The summed E-state index contributed by atoms with van der Waals surface area (Å²) in [6.45, 7) is 3.56. The fraction of sp³-hybridized carbons (Fsp3) is 0.240. The molecule has 1 amide bonds. The molecule has 9 nitrogen and oxygen atoms in total. The Balaban J connectivity index is 1.47. The zero-order chi connectivity index (χ0) is 23.9. The molecule has 0 radical (unpaired) electrons. The molecule has 0 saturated heterocycles. The van der Waals surface area contributed by atoms with Crippen LogP contribution in [-0.4, -0.2) is 55.1 Å². The average molecular weight is 458 g/mol. The molecule has 5 rings (SSSR count). The van der Waals surface area contributed by atoms with Gasteiger partial charge in [-0.05, 0) is 36.4 Å². The van der Waals surface area contributed by atoms with Crippen LogP contribution >= 0.6 is 0 Å². The van der Waals surface area contributed by atoms with Crippen molar-refractivity contribution in [1.82, 2.24) is 19.4 Å². The lowest BCUT2D eigenvalue weighted by Crippen LogP contribution is -2.50. The normalized spacial score (nSPS) is 14.5. The number of fused-ring (bicyclic) bond motifs is 2. The maximum Gasteiger partial charge on any atom is 0.231 e. The standard InChI is InChI=1S/C25H28N8O/c1-16(34)27-17-6-5-7-18(14-17)28-24-20-10-11-26-23(20)30-25(31-24)29-19-8-9-21-22(15-19)33(3,4)13-12-32(21)2/h5-11,14-15H,12-13H2,1-4H3,(H3-,26,27,28,29,30,31,34)/p+1. The fourth-order valence-corrected chi connectivity index (χ4v) is 4.29. The number of nitrogens with zero attached hydrogens (tertiary/aromatic N) is 4. The van der Waals surface area contributed by atoms with Gasteiger partial charge in [0.1, 0.15) is 18.0 Å². The van der Waals surface area contributed by atoms with E-state index in [1.807, 2.05) is 36.5 Å². The molecule has 0 bridgehead atoms. The second-order valence-corrected chi connectivity index (χ2v) is 9.18. The summed E-state index contributed by atoms with van der Waals surface area (Å²) >= 11 is 0. The van der Waals surface area contributed by atoms with Crippen molar-refractivity contribution in [2.75, 3.05) is 55.1 Å². The first-order valence-corrected chi connectivity index (χ1v) is 11.2. The molecule has 1 aliphatic heterocycles. The van der Waals surface area contributed by atoms with Gasteiger partial charge in [0.2, 0.25) is 11.9 Å². The first kappa shape index (κ1) is 21.7. The molecule has 0 atom stereocenters. The number of amides is 1. The molecule has 0 unspecified atom stereocenters. The Bertz CT molecular complexity index is 1380. The van der Waals surface area contributed by atoms with Crippen molar-refractivity contribution in [1.29, 1.82) is 0 Å². The lowest BCUT2D eigenvalue weighted by Gasteiger charge is -2.39. The number of rotatable bonds is 5. The molecule has 4 aromatic rings. The Morgan fingerprint density at radius 3 is 2.65 bits per heavy atom. The van der Waals surface area contributed by atoms with E-state index in [9.17, 15) is 4.79 Å². The van der Waals surface area contributed by atoms with E-state index in [2.05, 4.69) is 70.2 Å². The van der Waals surface area contributed by atoms with Crippen LogP contribution in [0.5, 0.6) is 0 Å². The number of anilines is 6. The minimum absolute atomic E-state index is 0.114. The van der Waals surface area contributed by atoms with Crippen LogP contribution in [0.4, 0.5) is 40.2 Å². The molecule has 0 aliphatic carbocycles. The van der Waals surface area contributed by atoms with Crippen LogP contribution in [-0.2, 0) is 4.79 Å². The number of aromatic nitrogens is 3. The summed E-state index contributed by atoms with van der Waals surface area (Å²) in [5.74, 6) is 1.05. The topological polar surface area (TPSA) is 98.0 Å². The van der Waals surface area contributed by atoms with Crippen molar-refractivity contribution in [2.24, 2.45) is 0 Å². The molecule has 4 N–H and O–H groups in total. The Morgan fingerprint density at radius 2 is 1.82 bits per heavy atom. The molecule has 0 saturated carbocycles. The number of hydrogen-bond acceptors (Lipinski definition) is 6. The monoisotopic (exact) mass is 457 g/mol. The fourth-order valence-electron chi connectivity index (χ4n) is 4.29. The molecular weight excluding hydrogens is 428 g/mol. The molecule has 34 heavy (non-hydrogen) atoms. The van der Waals surface area contributed by atoms with Gasteiger partial charge in [0.05, 0.1) is 31.7 Å². The average Bonchev–Trinajstić information content (AvgIpc) is 3.26. The minimum Gasteiger partial charge on any atom is -0.364 e. The van der Waals surface area contributed by atoms with Gasteiger partial charge in [-0.1, -0.05) is 6.07 Å². The predicted molar refractivity (Wildman–Crippen MR) is 139 cm³/mol. The smallest absolute Gasteiger partial charge is 0.231 e. The lowest BCUT2D eigenvalue weighted by molar-refractivity contribution is -0.114. The highest BCUT2D eigenvalue weighted by atomic mass is 16.1. The third-order valence-electron chi connectivity index (χ3n) is 6.15. The first-order valence-electron chi connectivity index (χ1n) is 11.2. The minimum atomic E-state index is -0.114. The van der Waals surface area contributed by atoms with Crippen LogP contribution in [0, 0.1) is 0 Å². The van der Waals surface area contributed by atoms with Crippen molar-refractivity contribution >= 4 is 57.1 Å². The van der Waals surface area contributed by atoms with Gasteiger partial charge in [-0.2, -0.15) is 9.97 Å². The summed E-state index contributed by atoms with van der Waals surface area (Å²) in [6.07, 6.45) is 1.84. The van der Waals surface area contributed by atoms with E-state index in [4.69, 9.17) is 4.98 Å². The summed E-state index contributed by atoms with van der Waals surface area (Å²) in [4.78, 5) is 26.3. The van der Waals surface area contributed by atoms with E-state index >= 15 is 0 Å². The third kappa shape index (κ3) is 4.25. The van der Waals surface area contributed by atoms with Gasteiger partial charge < -0.3 is 25.8 Å². The first-order chi connectivity index (χ1) is 16.3. The number of nitrogens with one attached hydrogen (secondary N) is 4. The van der Waals surface area contributed by atoms with Crippen molar-refractivity contribution < 1.29 is 4.79 Å². The summed E-state index contributed by atoms with van der Waals surface area (Å²) in [5, 5.41) is 10.4. The number of aromatic amines is 1. The van der Waals surface area contributed by atoms with Crippen LogP contribution in [0.25, 0.3) is 11.0 Å². The number of quaternary nitrogens is 1. The number of benzene rings is 2. The highest BCUT2D eigenvalue weighted by Crippen LogP contribution is 2.38. The molecule has 9 heteroatoms. The van der Waals surface area contributed by atoms with Crippen LogP contribution in [0.2, 0.25) is 0 Å². The Labute approximate surface area is 198 Å². The molecule has 3 heterocycles. The van der Waals surface area contributed by atoms with Crippen molar-refractivity contribution in [2.45, 2.75) is 6.92 Å². The lowest BCUT2D eigenvalue weighted by atomic mass is 10.1. The Kier molecular flexibility index (Phi) is 5.33. The Hall–Kier alpha value is -4.11. The number of hydrogen-bond donors (Lipinski definition) is 4. The van der Waals surface area contributed by atoms with E-state index < -0.39 is 0 Å². The molecule has 2 aromatic carbocycles. The van der Waals surface area contributed by atoms with Crippen LogP contribution < -0.4 is 25.3 Å². The van der Waals surface area contributed by atoms with Crippen LogP contribution in [0.3, 0.4) is 0 Å². The maximum atomic E-state index is 11.4. The molecule has 0 fully saturated rings. The quantitative estimate of drug-likeness (QED) is 0.331. The van der Waals surface area contributed by atoms with E-state index in [0.717, 1.165) is 45.7 Å². The van der Waals surface area contributed by atoms with Crippen molar-refractivity contribution in [3.8, 4) is 0 Å². The zero-order valence-corrected chi connectivity index (χ0v) is 19.8. The van der Waals surface area contributed by atoms with E-state index in [1.165, 1.54) is 18.3 Å². The summed E-state index contributed by atoms with van der Waals surface area (Å²) in [7, 11) is 6.59. The van der Waals surface area contributed by atoms with E-state index in [1.54, 1.807) is 0 Å². The maximum absolute atomic E-state index is 11.4. The number of carbonyl (C=O) groups excluding carboxylic acids is 1.